The Kier molecular flexibility index (Phi) is 4.69. The topological polar surface area (TPSA) is 64.2 Å². The van der Waals surface area contributed by atoms with Gasteiger partial charge in [0.25, 0.3) is 0 Å². The first-order chi connectivity index (χ1) is 9.83. The predicted octanol–water partition coefficient (Wildman–Crippen LogP) is 3.78. The van der Waals surface area contributed by atoms with Gasteiger partial charge in [-0.1, -0.05) is 12.1 Å². The molecule has 2 aromatic rings. The second-order valence-corrected chi connectivity index (χ2v) is 5.23. The Morgan fingerprint density at radius 3 is 2.43 bits per heavy atom. The molecule has 0 aliphatic rings. The second-order valence-electron chi connectivity index (χ2n) is 3.75. The van der Waals surface area contributed by atoms with Gasteiger partial charge in [0.15, 0.2) is 5.82 Å². The molecule has 2 N–H and O–H groups in total. The Labute approximate surface area is 127 Å². The van der Waals surface area contributed by atoms with Gasteiger partial charge in [0.05, 0.1) is 0 Å². The number of rotatable bonds is 3. The van der Waals surface area contributed by atoms with E-state index < -0.39 is 5.51 Å². The third kappa shape index (κ3) is 4.91. The molecule has 2 rings (SSSR count). The molecule has 0 unspecified atom stereocenters. The summed E-state index contributed by atoms with van der Waals surface area (Å²) in [6.45, 7) is 0. The van der Waals surface area contributed by atoms with E-state index in [9.17, 15) is 13.2 Å². The highest BCUT2D eigenvalue weighted by Crippen LogP contribution is 2.36. The summed E-state index contributed by atoms with van der Waals surface area (Å²) >= 11 is 5.42. The molecule has 1 aromatic heterocycles. The van der Waals surface area contributed by atoms with E-state index >= 15 is 0 Å². The molecule has 0 amide bonds. The first kappa shape index (κ1) is 15.6. The highest BCUT2D eigenvalue weighted by atomic mass is 35.5. The van der Waals surface area contributed by atoms with Crippen LogP contribution in [-0.2, 0) is 0 Å². The number of alkyl halides is 3. The monoisotopic (exact) mass is 332 g/mol. The van der Waals surface area contributed by atoms with Crippen molar-refractivity contribution in [2.45, 2.75) is 10.4 Å². The normalized spacial score (nSPS) is 12.5. The number of benzene rings is 1. The molecule has 0 spiro atoms. The molecule has 0 aliphatic heterocycles. The highest BCUT2D eigenvalue weighted by Gasteiger charge is 2.29. The van der Waals surface area contributed by atoms with Crippen molar-refractivity contribution in [1.29, 1.82) is 0 Å². The van der Waals surface area contributed by atoms with Gasteiger partial charge in [-0.25, -0.2) is 9.98 Å². The number of nitrogens with zero attached hydrogens (tertiary/aromatic N) is 3. The summed E-state index contributed by atoms with van der Waals surface area (Å²) in [7, 11) is 0. The summed E-state index contributed by atoms with van der Waals surface area (Å²) in [4.78, 5) is 11.6. The Morgan fingerprint density at radius 2 is 1.86 bits per heavy atom. The molecule has 0 atom stereocenters. The fourth-order valence-electron chi connectivity index (χ4n) is 1.40. The van der Waals surface area contributed by atoms with Crippen LogP contribution in [0.2, 0.25) is 5.28 Å². The van der Waals surface area contributed by atoms with Crippen LogP contribution >= 0.6 is 23.4 Å². The van der Waals surface area contributed by atoms with Gasteiger partial charge in [0, 0.05) is 22.7 Å². The Hall–Kier alpha value is -1.80. The minimum Gasteiger partial charge on any atom is -0.383 e. The molecule has 0 aliphatic carbocycles. The summed E-state index contributed by atoms with van der Waals surface area (Å²) in [5, 5.41) is 0.0287. The van der Waals surface area contributed by atoms with Crippen molar-refractivity contribution in [2.75, 3.05) is 0 Å². The van der Waals surface area contributed by atoms with Crippen LogP contribution in [0.15, 0.2) is 46.4 Å². The van der Waals surface area contributed by atoms with Crippen molar-refractivity contribution in [3.8, 4) is 0 Å². The number of thioether (sulfide) groups is 1. The van der Waals surface area contributed by atoms with Crippen molar-refractivity contribution in [1.82, 2.24) is 9.97 Å². The highest BCUT2D eigenvalue weighted by molar-refractivity contribution is 8.00. The van der Waals surface area contributed by atoms with Crippen LogP contribution in [0.1, 0.15) is 5.56 Å². The fourth-order valence-corrected chi connectivity index (χ4v) is 2.09. The van der Waals surface area contributed by atoms with Gasteiger partial charge in [-0.05, 0) is 35.5 Å². The average Bonchev–Trinajstić information content (AvgIpc) is 2.37. The lowest BCUT2D eigenvalue weighted by Gasteiger charge is -2.06. The maximum Gasteiger partial charge on any atom is 0.446 e. The second kappa shape index (κ2) is 6.31. The number of hydrogen-bond acceptors (Lipinski definition) is 4. The summed E-state index contributed by atoms with van der Waals surface area (Å²) in [6, 6.07) is 7.06. The maximum absolute atomic E-state index is 12.2. The first-order valence-corrected chi connectivity index (χ1v) is 6.72. The molecule has 110 valence electrons. The largest absolute Gasteiger partial charge is 0.446 e. The van der Waals surface area contributed by atoms with Crippen molar-refractivity contribution >= 4 is 35.0 Å². The van der Waals surface area contributed by atoms with Gasteiger partial charge in [0.2, 0.25) is 5.28 Å². The summed E-state index contributed by atoms with van der Waals surface area (Å²) in [6.07, 6.45) is 1.42. The van der Waals surface area contributed by atoms with Crippen LogP contribution in [0.3, 0.4) is 0 Å². The smallest absolute Gasteiger partial charge is 0.383 e. The van der Waals surface area contributed by atoms with Crippen molar-refractivity contribution in [3.63, 3.8) is 0 Å². The molecule has 1 aromatic carbocycles. The van der Waals surface area contributed by atoms with Crippen LogP contribution in [-0.4, -0.2) is 21.3 Å². The Morgan fingerprint density at radius 1 is 1.19 bits per heavy atom. The van der Waals surface area contributed by atoms with Gasteiger partial charge in [-0.3, -0.25) is 0 Å². The van der Waals surface area contributed by atoms with E-state index in [2.05, 4.69) is 15.0 Å². The molecule has 0 radical (unpaired) electrons. The number of hydrogen-bond donors (Lipinski definition) is 1. The predicted molar refractivity (Wildman–Crippen MR) is 75.8 cm³/mol. The maximum atomic E-state index is 12.2. The van der Waals surface area contributed by atoms with Crippen molar-refractivity contribution in [3.05, 3.63) is 47.4 Å². The minimum absolute atomic E-state index is 0.0287. The molecule has 0 bridgehead atoms. The number of halogens is 4. The third-order valence-electron chi connectivity index (χ3n) is 2.23. The van der Waals surface area contributed by atoms with Crippen LogP contribution in [0.25, 0.3) is 0 Å². The summed E-state index contributed by atoms with van der Waals surface area (Å²) < 4.78 is 36.6. The molecule has 4 nitrogen and oxygen atoms in total. The lowest BCUT2D eigenvalue weighted by atomic mass is 10.2. The average molecular weight is 333 g/mol. The molecule has 9 heteroatoms. The lowest BCUT2D eigenvalue weighted by molar-refractivity contribution is -0.0328. The standard InChI is InChI=1S/C12H8ClF3N4S/c13-11-18-6-5-9(20-11)19-10(17)7-1-3-8(4-2-7)21-12(14,15)16/h1-6H,(H2,17,18,19,20). The van der Waals surface area contributed by atoms with E-state index in [1.807, 2.05) is 0 Å². The van der Waals surface area contributed by atoms with Gasteiger partial charge < -0.3 is 5.73 Å². The summed E-state index contributed by atoms with van der Waals surface area (Å²) in [5.74, 6) is 0.384. The van der Waals surface area contributed by atoms with Gasteiger partial charge in [0.1, 0.15) is 5.84 Å². The van der Waals surface area contributed by atoms with Crippen LogP contribution < -0.4 is 5.73 Å². The zero-order chi connectivity index (χ0) is 15.5. The van der Waals surface area contributed by atoms with Crippen LogP contribution in [0, 0.1) is 0 Å². The number of aromatic nitrogens is 2. The van der Waals surface area contributed by atoms with Crippen molar-refractivity contribution < 1.29 is 13.2 Å². The molecular formula is C12H8ClF3N4S. The van der Waals surface area contributed by atoms with E-state index in [0.29, 0.717) is 5.56 Å². The number of nitrogens with two attached hydrogens (primary N) is 1. The van der Waals surface area contributed by atoms with E-state index in [1.165, 1.54) is 36.5 Å². The molecular weight excluding hydrogens is 325 g/mol. The molecule has 21 heavy (non-hydrogen) atoms. The number of aliphatic imine (C=N–C) groups is 1. The van der Waals surface area contributed by atoms with Gasteiger partial charge >= 0.3 is 5.51 Å². The van der Waals surface area contributed by atoms with Gasteiger partial charge in [-0.15, -0.1) is 0 Å². The quantitative estimate of drug-likeness (QED) is 0.402. The summed E-state index contributed by atoms with van der Waals surface area (Å²) in [5.41, 5.74) is 1.93. The van der Waals surface area contributed by atoms with E-state index in [4.69, 9.17) is 17.3 Å². The zero-order valence-electron chi connectivity index (χ0n) is 10.3. The van der Waals surface area contributed by atoms with Crippen LogP contribution in [0.4, 0.5) is 19.0 Å². The Balaban J connectivity index is 2.18. The van der Waals surface area contributed by atoms with E-state index in [0.717, 1.165) is 0 Å². The van der Waals surface area contributed by atoms with Crippen LogP contribution in [0.5, 0.6) is 0 Å². The van der Waals surface area contributed by atoms with Gasteiger partial charge in [-0.2, -0.15) is 18.2 Å². The zero-order valence-corrected chi connectivity index (χ0v) is 11.9. The third-order valence-corrected chi connectivity index (χ3v) is 3.15. The van der Waals surface area contributed by atoms with E-state index in [1.54, 1.807) is 0 Å². The van der Waals surface area contributed by atoms with E-state index in [-0.39, 0.29) is 33.6 Å². The number of amidine groups is 1. The molecule has 0 saturated carbocycles. The van der Waals surface area contributed by atoms with Crippen molar-refractivity contribution in [2.24, 2.45) is 10.7 Å². The minimum atomic E-state index is -4.32. The SMILES string of the molecule is NC(=Nc1ccnc(Cl)n1)c1ccc(SC(F)(F)F)cc1. The fraction of sp³-hybridized carbons (Fsp3) is 0.0833. The lowest BCUT2D eigenvalue weighted by Crippen LogP contribution is -2.12. The molecule has 0 fully saturated rings. The molecule has 0 saturated heterocycles. The molecule has 1 heterocycles. The Bertz CT molecular complexity index is 658. The first-order valence-electron chi connectivity index (χ1n) is 5.52.